The molecule has 0 unspecified atom stereocenters. The Morgan fingerprint density at radius 1 is 1.38 bits per heavy atom. The van der Waals surface area contributed by atoms with Crippen molar-refractivity contribution in [2.45, 2.75) is 32.7 Å². The van der Waals surface area contributed by atoms with E-state index in [9.17, 15) is 10.1 Å². The van der Waals surface area contributed by atoms with E-state index in [1.165, 1.54) is 6.07 Å². The summed E-state index contributed by atoms with van der Waals surface area (Å²) in [7, 11) is 1.64. The van der Waals surface area contributed by atoms with Crippen LogP contribution in [0.1, 0.15) is 26.7 Å². The molecule has 0 fully saturated rings. The fraction of sp³-hybridized carbons (Fsp3) is 0.571. The topological polar surface area (TPSA) is 93.7 Å². The first-order chi connectivity index (χ1) is 10.1. The molecule has 1 aromatic carbocycles. The highest BCUT2D eigenvalue weighted by Gasteiger charge is 2.19. The molecule has 1 rings (SSSR count). The average Bonchev–Trinajstić information content (AvgIpc) is 2.50. The molecule has 0 amide bonds. The van der Waals surface area contributed by atoms with E-state index < -0.39 is 4.92 Å². The Bertz CT molecular complexity index is 464. The summed E-state index contributed by atoms with van der Waals surface area (Å²) < 4.78 is 5.15. The van der Waals surface area contributed by atoms with Crippen LogP contribution in [-0.4, -0.2) is 31.2 Å². The number of nitrogen functional groups attached to an aromatic ring is 1. The molecule has 0 aliphatic carbocycles. The minimum atomic E-state index is -0.411. The average molecular weight is 296 g/mol. The van der Waals surface area contributed by atoms with E-state index in [4.69, 9.17) is 10.6 Å². The van der Waals surface area contributed by atoms with Gasteiger partial charge in [0.25, 0.3) is 5.69 Å². The van der Waals surface area contributed by atoms with Gasteiger partial charge in [0.2, 0.25) is 0 Å². The summed E-state index contributed by atoms with van der Waals surface area (Å²) in [4.78, 5) is 12.8. The normalized spacial score (nSPS) is 10.7. The molecule has 0 radical (unpaired) electrons. The Balaban J connectivity index is 3.21. The lowest BCUT2D eigenvalue weighted by Crippen LogP contribution is -2.37. The number of anilines is 2. The Morgan fingerprint density at radius 3 is 2.52 bits per heavy atom. The molecule has 7 heteroatoms. The predicted molar refractivity (Wildman–Crippen MR) is 84.5 cm³/mol. The smallest absolute Gasteiger partial charge is 0.273 e. The standard InChI is InChI=1S/C14H24N4O3/c1-4-12(5-2)17(6-7-21-3)13-8-11(16-15)9-14(10-13)18(19)20/h8-10,12,16H,4-7,15H2,1-3H3. The molecular weight excluding hydrogens is 272 g/mol. The SMILES string of the molecule is CCC(CC)N(CCOC)c1cc(NN)cc([N+](=O)[O-])c1. The van der Waals surface area contributed by atoms with Gasteiger partial charge in [-0.25, -0.2) is 0 Å². The second-order valence-electron chi connectivity index (χ2n) is 4.80. The largest absolute Gasteiger partial charge is 0.383 e. The highest BCUT2D eigenvalue weighted by Crippen LogP contribution is 2.29. The molecule has 0 heterocycles. The van der Waals surface area contributed by atoms with Gasteiger partial charge >= 0.3 is 0 Å². The van der Waals surface area contributed by atoms with Crippen molar-refractivity contribution >= 4 is 17.1 Å². The Morgan fingerprint density at radius 2 is 2.05 bits per heavy atom. The number of methoxy groups -OCH3 is 1. The lowest BCUT2D eigenvalue weighted by atomic mass is 10.1. The maximum atomic E-state index is 11.1. The van der Waals surface area contributed by atoms with E-state index in [0.29, 0.717) is 24.9 Å². The number of nitrogens with one attached hydrogen (secondary N) is 1. The molecule has 118 valence electrons. The highest BCUT2D eigenvalue weighted by molar-refractivity contribution is 5.64. The van der Waals surface area contributed by atoms with E-state index in [1.54, 1.807) is 13.2 Å². The minimum absolute atomic E-state index is 0.0221. The molecule has 0 atom stereocenters. The number of nitrogens with zero attached hydrogens (tertiary/aromatic N) is 2. The Kier molecular flexibility index (Phi) is 6.90. The Labute approximate surface area is 125 Å². The van der Waals surface area contributed by atoms with Gasteiger partial charge in [0.15, 0.2) is 0 Å². The first-order valence-electron chi connectivity index (χ1n) is 7.09. The van der Waals surface area contributed by atoms with Crippen LogP contribution < -0.4 is 16.2 Å². The van der Waals surface area contributed by atoms with Crippen LogP contribution >= 0.6 is 0 Å². The third-order valence-electron chi connectivity index (χ3n) is 3.53. The number of ether oxygens (including phenoxy) is 1. The summed E-state index contributed by atoms with van der Waals surface area (Å²) in [5.41, 5.74) is 3.81. The number of nitrogens with two attached hydrogens (primary N) is 1. The molecule has 0 saturated heterocycles. The van der Waals surface area contributed by atoms with Crippen molar-refractivity contribution in [3.63, 3.8) is 0 Å². The van der Waals surface area contributed by atoms with E-state index in [1.807, 2.05) is 6.07 Å². The quantitative estimate of drug-likeness (QED) is 0.413. The van der Waals surface area contributed by atoms with Gasteiger partial charge in [-0.1, -0.05) is 13.8 Å². The highest BCUT2D eigenvalue weighted by atomic mass is 16.6. The van der Waals surface area contributed by atoms with Crippen LogP contribution in [0.3, 0.4) is 0 Å². The zero-order chi connectivity index (χ0) is 15.8. The fourth-order valence-electron chi connectivity index (χ4n) is 2.39. The predicted octanol–water partition coefficient (Wildman–Crippen LogP) is 2.52. The lowest BCUT2D eigenvalue weighted by molar-refractivity contribution is -0.384. The van der Waals surface area contributed by atoms with Gasteiger partial charge in [-0.3, -0.25) is 16.0 Å². The van der Waals surface area contributed by atoms with Gasteiger partial charge in [0, 0.05) is 37.5 Å². The third kappa shape index (κ3) is 4.57. The van der Waals surface area contributed by atoms with Crippen LogP contribution in [0.25, 0.3) is 0 Å². The van der Waals surface area contributed by atoms with E-state index in [2.05, 4.69) is 24.2 Å². The number of benzene rings is 1. The van der Waals surface area contributed by atoms with Gasteiger partial charge in [0.05, 0.1) is 17.2 Å². The Hall–Kier alpha value is -1.86. The second kappa shape index (κ2) is 8.43. The number of nitro benzene ring substituents is 1. The number of hydrogen-bond acceptors (Lipinski definition) is 6. The van der Waals surface area contributed by atoms with Crippen LogP contribution in [0.2, 0.25) is 0 Å². The number of hydrogen-bond donors (Lipinski definition) is 2. The first kappa shape index (κ1) is 17.2. The molecule has 0 aliphatic heterocycles. The van der Waals surface area contributed by atoms with Crippen molar-refractivity contribution < 1.29 is 9.66 Å². The molecule has 0 aromatic heterocycles. The van der Waals surface area contributed by atoms with Gasteiger partial charge in [0.1, 0.15) is 0 Å². The van der Waals surface area contributed by atoms with E-state index in [-0.39, 0.29) is 5.69 Å². The lowest BCUT2D eigenvalue weighted by Gasteiger charge is -2.32. The van der Waals surface area contributed by atoms with Crippen LogP contribution in [0.5, 0.6) is 0 Å². The second-order valence-corrected chi connectivity index (χ2v) is 4.80. The van der Waals surface area contributed by atoms with Crippen molar-refractivity contribution in [3.8, 4) is 0 Å². The summed E-state index contributed by atoms with van der Waals surface area (Å²) in [5.74, 6) is 5.41. The zero-order valence-corrected chi connectivity index (χ0v) is 12.8. The third-order valence-corrected chi connectivity index (χ3v) is 3.53. The molecule has 0 aliphatic rings. The van der Waals surface area contributed by atoms with Gasteiger partial charge in [-0.15, -0.1) is 0 Å². The number of rotatable bonds is 9. The van der Waals surface area contributed by atoms with Crippen molar-refractivity contribution in [1.29, 1.82) is 0 Å². The molecule has 21 heavy (non-hydrogen) atoms. The van der Waals surface area contributed by atoms with Gasteiger partial charge in [-0.2, -0.15) is 0 Å². The van der Waals surface area contributed by atoms with Gasteiger partial charge < -0.3 is 15.1 Å². The maximum absolute atomic E-state index is 11.1. The summed E-state index contributed by atoms with van der Waals surface area (Å²) in [5, 5.41) is 11.1. The van der Waals surface area contributed by atoms with Crippen LogP contribution in [0.15, 0.2) is 18.2 Å². The van der Waals surface area contributed by atoms with Crippen molar-refractivity contribution in [3.05, 3.63) is 28.3 Å². The number of non-ortho nitro benzene ring substituents is 1. The molecule has 3 N–H and O–H groups in total. The molecule has 0 bridgehead atoms. The van der Waals surface area contributed by atoms with E-state index in [0.717, 1.165) is 18.5 Å². The minimum Gasteiger partial charge on any atom is -0.383 e. The summed E-state index contributed by atoms with van der Waals surface area (Å²) >= 11 is 0. The zero-order valence-electron chi connectivity index (χ0n) is 12.8. The van der Waals surface area contributed by atoms with E-state index >= 15 is 0 Å². The molecule has 1 aromatic rings. The number of nitro groups is 1. The molecule has 7 nitrogen and oxygen atoms in total. The van der Waals surface area contributed by atoms with Gasteiger partial charge in [-0.05, 0) is 18.9 Å². The fourth-order valence-corrected chi connectivity index (χ4v) is 2.39. The first-order valence-corrected chi connectivity index (χ1v) is 7.09. The van der Waals surface area contributed by atoms with Crippen LogP contribution in [0, 0.1) is 10.1 Å². The van der Waals surface area contributed by atoms with Crippen molar-refractivity contribution in [2.24, 2.45) is 5.84 Å². The van der Waals surface area contributed by atoms with Crippen LogP contribution in [0.4, 0.5) is 17.1 Å². The summed E-state index contributed by atoms with van der Waals surface area (Å²) in [6.07, 6.45) is 1.91. The summed E-state index contributed by atoms with van der Waals surface area (Å²) in [6.45, 7) is 5.44. The van der Waals surface area contributed by atoms with Crippen LogP contribution in [-0.2, 0) is 4.74 Å². The monoisotopic (exact) mass is 296 g/mol. The number of hydrazine groups is 1. The summed E-state index contributed by atoms with van der Waals surface area (Å²) in [6, 6.07) is 5.12. The molecular formula is C14H24N4O3. The van der Waals surface area contributed by atoms with Crippen molar-refractivity contribution in [2.75, 3.05) is 30.6 Å². The molecule has 0 saturated carbocycles. The molecule has 0 spiro atoms. The van der Waals surface area contributed by atoms with Crippen molar-refractivity contribution in [1.82, 2.24) is 0 Å². The maximum Gasteiger partial charge on any atom is 0.273 e.